The van der Waals surface area contributed by atoms with Crippen molar-refractivity contribution in [2.45, 2.75) is 51.1 Å². The van der Waals surface area contributed by atoms with Gasteiger partial charge in [0.2, 0.25) is 0 Å². The first kappa shape index (κ1) is 16.5. The van der Waals surface area contributed by atoms with E-state index in [1.165, 1.54) is 7.11 Å². The van der Waals surface area contributed by atoms with Crippen LogP contribution in [-0.4, -0.2) is 31.1 Å². The minimum atomic E-state index is -0.610. The van der Waals surface area contributed by atoms with Gasteiger partial charge in [0.1, 0.15) is 6.10 Å². The molecule has 0 aromatic rings. The zero-order valence-electron chi connectivity index (χ0n) is 12.3. The second kappa shape index (κ2) is 7.88. The summed E-state index contributed by atoms with van der Waals surface area (Å²) in [5.41, 5.74) is 0. The quantitative estimate of drug-likeness (QED) is 0.425. The van der Waals surface area contributed by atoms with E-state index >= 15 is 0 Å². The van der Waals surface area contributed by atoms with Gasteiger partial charge in [-0.25, -0.2) is 0 Å². The standard InChI is InChI=1S/C16H22O4/c1-5-6-7-8-10-13-14(20-16(2,3)19-13)11-9-12-15(17)18-4/h1,6-8,10,13-14H,9,11-12H2,2-4H3/b7-6+,10-8+/t13-,14+/m1/s1. The topological polar surface area (TPSA) is 44.8 Å². The first-order valence-corrected chi connectivity index (χ1v) is 6.70. The van der Waals surface area contributed by atoms with Crippen LogP contribution in [0.4, 0.5) is 0 Å². The lowest BCUT2D eigenvalue weighted by Gasteiger charge is -2.16. The molecule has 1 aliphatic rings. The number of methoxy groups -OCH3 is 1. The van der Waals surface area contributed by atoms with Gasteiger partial charge >= 0.3 is 5.97 Å². The fourth-order valence-electron chi connectivity index (χ4n) is 2.08. The molecule has 1 rings (SSSR count). The van der Waals surface area contributed by atoms with Crippen molar-refractivity contribution in [3.05, 3.63) is 24.3 Å². The molecular formula is C16H22O4. The van der Waals surface area contributed by atoms with Gasteiger partial charge in [-0.15, -0.1) is 6.42 Å². The van der Waals surface area contributed by atoms with E-state index in [0.29, 0.717) is 12.8 Å². The number of carbonyl (C=O) groups excluding carboxylic acids is 1. The predicted octanol–water partition coefficient (Wildman–Crippen LogP) is 2.60. The smallest absolute Gasteiger partial charge is 0.305 e. The molecular weight excluding hydrogens is 256 g/mol. The number of terminal acetylenes is 1. The van der Waals surface area contributed by atoms with Crippen LogP contribution in [0.2, 0.25) is 0 Å². The van der Waals surface area contributed by atoms with Crippen molar-refractivity contribution < 1.29 is 19.0 Å². The first-order valence-electron chi connectivity index (χ1n) is 6.70. The van der Waals surface area contributed by atoms with E-state index < -0.39 is 5.79 Å². The van der Waals surface area contributed by atoms with Crippen molar-refractivity contribution in [2.24, 2.45) is 0 Å². The highest BCUT2D eigenvalue weighted by molar-refractivity contribution is 5.68. The highest BCUT2D eigenvalue weighted by atomic mass is 16.7. The molecule has 0 amide bonds. The van der Waals surface area contributed by atoms with Gasteiger partial charge in [-0.3, -0.25) is 4.79 Å². The van der Waals surface area contributed by atoms with Gasteiger partial charge in [0.05, 0.1) is 13.2 Å². The Labute approximate surface area is 120 Å². The maximum absolute atomic E-state index is 11.1. The summed E-state index contributed by atoms with van der Waals surface area (Å²) < 4.78 is 16.3. The molecule has 1 aliphatic heterocycles. The van der Waals surface area contributed by atoms with E-state index in [9.17, 15) is 4.79 Å². The SMILES string of the molecule is C#C/C=C/C=C/[C@H]1OC(C)(C)O[C@H]1CCCC(=O)OC. The number of allylic oxidation sites excluding steroid dienone is 3. The van der Waals surface area contributed by atoms with Crippen LogP contribution in [0.15, 0.2) is 24.3 Å². The second-order valence-electron chi connectivity index (χ2n) is 5.02. The van der Waals surface area contributed by atoms with E-state index in [2.05, 4.69) is 10.7 Å². The number of esters is 1. The van der Waals surface area contributed by atoms with E-state index in [-0.39, 0.29) is 18.2 Å². The lowest BCUT2D eigenvalue weighted by Crippen LogP contribution is -2.21. The maximum atomic E-state index is 11.1. The van der Waals surface area contributed by atoms with Gasteiger partial charge in [0.15, 0.2) is 5.79 Å². The van der Waals surface area contributed by atoms with E-state index in [4.69, 9.17) is 15.9 Å². The highest BCUT2D eigenvalue weighted by Crippen LogP contribution is 2.31. The summed E-state index contributed by atoms with van der Waals surface area (Å²) in [6, 6.07) is 0. The molecule has 0 aromatic carbocycles. The van der Waals surface area contributed by atoms with Gasteiger partial charge in [0, 0.05) is 6.42 Å². The largest absolute Gasteiger partial charge is 0.469 e. The van der Waals surface area contributed by atoms with Gasteiger partial charge in [0.25, 0.3) is 0 Å². The van der Waals surface area contributed by atoms with Crippen molar-refractivity contribution in [1.29, 1.82) is 0 Å². The number of ether oxygens (including phenoxy) is 3. The zero-order chi connectivity index (χ0) is 15.0. The Morgan fingerprint density at radius 1 is 1.40 bits per heavy atom. The second-order valence-corrected chi connectivity index (χ2v) is 5.02. The van der Waals surface area contributed by atoms with Crippen LogP contribution in [0.3, 0.4) is 0 Å². The van der Waals surface area contributed by atoms with Crippen LogP contribution in [0, 0.1) is 12.3 Å². The zero-order valence-corrected chi connectivity index (χ0v) is 12.3. The Balaban J connectivity index is 2.52. The fraction of sp³-hybridized carbons (Fsp3) is 0.562. The minimum absolute atomic E-state index is 0.0647. The monoisotopic (exact) mass is 278 g/mol. The third-order valence-electron chi connectivity index (χ3n) is 2.92. The molecule has 2 atom stereocenters. The summed E-state index contributed by atoms with van der Waals surface area (Å²) >= 11 is 0. The molecule has 0 spiro atoms. The van der Waals surface area contributed by atoms with E-state index in [0.717, 1.165) is 6.42 Å². The summed E-state index contributed by atoms with van der Waals surface area (Å²) in [5.74, 6) is 1.61. The van der Waals surface area contributed by atoms with Crippen molar-refractivity contribution in [3.63, 3.8) is 0 Å². The molecule has 0 bridgehead atoms. The molecule has 4 nitrogen and oxygen atoms in total. The van der Waals surface area contributed by atoms with Crippen LogP contribution in [0.5, 0.6) is 0 Å². The lowest BCUT2D eigenvalue weighted by molar-refractivity contribution is -0.144. The molecule has 110 valence electrons. The normalized spacial score (nSPS) is 25.1. The molecule has 4 heteroatoms. The first-order chi connectivity index (χ1) is 9.48. The van der Waals surface area contributed by atoms with Crippen LogP contribution >= 0.6 is 0 Å². The molecule has 20 heavy (non-hydrogen) atoms. The Morgan fingerprint density at radius 3 is 2.80 bits per heavy atom. The van der Waals surface area contributed by atoms with Crippen LogP contribution < -0.4 is 0 Å². The van der Waals surface area contributed by atoms with E-state index in [1.54, 1.807) is 12.2 Å². The van der Waals surface area contributed by atoms with Crippen molar-refractivity contribution in [3.8, 4) is 12.3 Å². The van der Waals surface area contributed by atoms with Crippen molar-refractivity contribution in [1.82, 2.24) is 0 Å². The van der Waals surface area contributed by atoms with Crippen LogP contribution in [0.1, 0.15) is 33.1 Å². The summed E-state index contributed by atoms with van der Waals surface area (Å²) in [6.45, 7) is 3.76. The molecule has 0 aliphatic carbocycles. The molecule has 1 saturated heterocycles. The van der Waals surface area contributed by atoms with E-state index in [1.807, 2.05) is 26.0 Å². The summed E-state index contributed by atoms with van der Waals surface area (Å²) in [7, 11) is 1.39. The molecule has 1 fully saturated rings. The Kier molecular flexibility index (Phi) is 6.50. The van der Waals surface area contributed by atoms with Gasteiger partial charge < -0.3 is 14.2 Å². The van der Waals surface area contributed by atoms with Gasteiger partial charge in [-0.05, 0) is 32.8 Å². The summed E-state index contributed by atoms with van der Waals surface area (Å²) in [4.78, 5) is 11.1. The summed E-state index contributed by atoms with van der Waals surface area (Å²) in [5, 5.41) is 0. The average Bonchev–Trinajstić information content (AvgIpc) is 2.69. The van der Waals surface area contributed by atoms with Crippen LogP contribution in [-0.2, 0) is 19.0 Å². The van der Waals surface area contributed by atoms with Gasteiger partial charge in [-0.2, -0.15) is 0 Å². The third kappa shape index (κ3) is 5.60. The molecule has 0 unspecified atom stereocenters. The molecule has 0 radical (unpaired) electrons. The van der Waals surface area contributed by atoms with Crippen molar-refractivity contribution in [2.75, 3.05) is 7.11 Å². The number of rotatable bonds is 6. The molecule has 0 saturated carbocycles. The van der Waals surface area contributed by atoms with Crippen LogP contribution in [0.25, 0.3) is 0 Å². The lowest BCUT2D eigenvalue weighted by atomic mass is 10.1. The number of carbonyl (C=O) groups is 1. The fourth-order valence-corrected chi connectivity index (χ4v) is 2.08. The molecule has 0 aromatic heterocycles. The minimum Gasteiger partial charge on any atom is -0.469 e. The number of hydrogen-bond acceptors (Lipinski definition) is 4. The average molecular weight is 278 g/mol. The number of hydrogen-bond donors (Lipinski definition) is 0. The Hall–Kier alpha value is -1.57. The Bertz CT molecular complexity index is 415. The highest BCUT2D eigenvalue weighted by Gasteiger charge is 2.39. The molecule has 1 heterocycles. The summed E-state index contributed by atoms with van der Waals surface area (Å²) in [6.07, 6.45) is 13.9. The van der Waals surface area contributed by atoms with Crippen molar-refractivity contribution >= 4 is 5.97 Å². The van der Waals surface area contributed by atoms with Gasteiger partial charge in [-0.1, -0.05) is 24.1 Å². The third-order valence-corrected chi connectivity index (χ3v) is 2.92. The molecule has 0 N–H and O–H groups in total. The maximum Gasteiger partial charge on any atom is 0.305 e. The predicted molar refractivity (Wildman–Crippen MR) is 76.8 cm³/mol. The Morgan fingerprint density at radius 2 is 2.15 bits per heavy atom.